The molecule has 6 nitrogen and oxygen atoms in total. The quantitative estimate of drug-likeness (QED) is 0.630. The molecular formula is C20H20F3N5O. The van der Waals surface area contributed by atoms with Gasteiger partial charge >= 0.3 is 6.18 Å². The molecule has 0 atom stereocenters. The van der Waals surface area contributed by atoms with Crippen LogP contribution in [0.15, 0.2) is 55.0 Å². The van der Waals surface area contributed by atoms with Gasteiger partial charge in [0.05, 0.1) is 23.7 Å². The van der Waals surface area contributed by atoms with E-state index in [1.807, 2.05) is 13.8 Å². The molecular weight excluding hydrogens is 383 g/mol. The summed E-state index contributed by atoms with van der Waals surface area (Å²) in [5.74, 6) is 1.26. The van der Waals surface area contributed by atoms with Gasteiger partial charge in [0.2, 0.25) is 5.88 Å². The van der Waals surface area contributed by atoms with Gasteiger partial charge in [-0.25, -0.2) is 0 Å². The van der Waals surface area contributed by atoms with E-state index in [-0.39, 0.29) is 11.6 Å². The highest BCUT2D eigenvalue weighted by molar-refractivity contribution is 5.61. The maximum Gasteiger partial charge on any atom is 0.416 e. The molecule has 3 N–H and O–H groups in total. The van der Waals surface area contributed by atoms with Crippen LogP contribution in [-0.4, -0.2) is 27.0 Å². The molecule has 0 aliphatic carbocycles. The van der Waals surface area contributed by atoms with Gasteiger partial charge in [0, 0.05) is 23.8 Å². The highest BCUT2D eigenvalue weighted by Crippen LogP contribution is 2.31. The van der Waals surface area contributed by atoms with Crippen molar-refractivity contribution in [3.05, 3.63) is 60.6 Å². The molecule has 1 aromatic carbocycles. The second-order valence-corrected chi connectivity index (χ2v) is 7.14. The zero-order valence-corrected chi connectivity index (χ0v) is 15.9. The Kier molecular flexibility index (Phi) is 5.69. The van der Waals surface area contributed by atoms with Crippen molar-refractivity contribution < 1.29 is 17.9 Å². The largest absolute Gasteiger partial charge is 0.437 e. The Morgan fingerprint density at radius 2 is 1.79 bits per heavy atom. The van der Waals surface area contributed by atoms with Gasteiger partial charge in [-0.05, 0) is 50.2 Å². The second-order valence-electron chi connectivity index (χ2n) is 7.14. The van der Waals surface area contributed by atoms with Crippen LogP contribution in [0.3, 0.4) is 0 Å². The molecule has 152 valence electrons. The van der Waals surface area contributed by atoms with Gasteiger partial charge in [-0.15, -0.1) is 0 Å². The summed E-state index contributed by atoms with van der Waals surface area (Å²) in [4.78, 5) is 12.4. The van der Waals surface area contributed by atoms with Crippen LogP contribution >= 0.6 is 0 Å². The number of nitrogens with two attached hydrogens (primary N) is 1. The molecule has 0 saturated heterocycles. The van der Waals surface area contributed by atoms with Crippen LogP contribution in [0.5, 0.6) is 11.6 Å². The summed E-state index contributed by atoms with van der Waals surface area (Å²) in [5.41, 5.74) is 5.53. The van der Waals surface area contributed by atoms with Gasteiger partial charge < -0.3 is 15.8 Å². The minimum Gasteiger partial charge on any atom is -0.437 e. The zero-order valence-electron chi connectivity index (χ0n) is 15.9. The third-order valence-electron chi connectivity index (χ3n) is 3.80. The Morgan fingerprint density at radius 3 is 2.45 bits per heavy atom. The average molecular weight is 403 g/mol. The topological polar surface area (TPSA) is 86.0 Å². The number of nitrogens with one attached hydrogen (secondary N) is 1. The van der Waals surface area contributed by atoms with E-state index in [1.54, 1.807) is 30.5 Å². The number of alkyl halides is 3. The summed E-state index contributed by atoms with van der Waals surface area (Å²) in [6.07, 6.45) is -0.265. The lowest BCUT2D eigenvalue weighted by Gasteiger charge is -2.19. The van der Waals surface area contributed by atoms with Crippen LogP contribution in [0.1, 0.15) is 19.4 Å². The molecule has 0 spiro atoms. The predicted molar refractivity (Wildman–Crippen MR) is 104 cm³/mol. The van der Waals surface area contributed by atoms with Crippen molar-refractivity contribution in [1.82, 2.24) is 15.0 Å². The number of nitrogens with zero attached hydrogens (tertiary/aromatic N) is 3. The molecule has 0 amide bonds. The third-order valence-corrected chi connectivity index (χ3v) is 3.80. The van der Waals surface area contributed by atoms with E-state index in [4.69, 9.17) is 10.5 Å². The minimum atomic E-state index is -4.42. The summed E-state index contributed by atoms with van der Waals surface area (Å²) in [6.45, 7) is 4.27. The van der Waals surface area contributed by atoms with E-state index in [1.165, 1.54) is 6.20 Å². The van der Waals surface area contributed by atoms with Gasteiger partial charge in [0.15, 0.2) is 0 Å². The van der Waals surface area contributed by atoms with Gasteiger partial charge in [0.25, 0.3) is 0 Å². The fourth-order valence-electron chi connectivity index (χ4n) is 2.38. The van der Waals surface area contributed by atoms with Crippen molar-refractivity contribution in [2.75, 3.05) is 11.9 Å². The zero-order chi connectivity index (χ0) is 21.1. The van der Waals surface area contributed by atoms with E-state index >= 15 is 0 Å². The van der Waals surface area contributed by atoms with Crippen molar-refractivity contribution in [2.24, 2.45) is 5.73 Å². The summed E-state index contributed by atoms with van der Waals surface area (Å²) in [6, 6.07) is 8.46. The van der Waals surface area contributed by atoms with Crippen LogP contribution in [0.2, 0.25) is 0 Å². The number of ether oxygens (including phenoxy) is 1. The van der Waals surface area contributed by atoms with E-state index in [0.717, 1.165) is 18.3 Å². The normalized spacial score (nSPS) is 11.9. The molecule has 0 saturated carbocycles. The van der Waals surface area contributed by atoms with E-state index in [2.05, 4.69) is 20.3 Å². The van der Waals surface area contributed by atoms with Crippen LogP contribution in [0.25, 0.3) is 11.3 Å². The minimum absolute atomic E-state index is 0.224. The number of hydrogen-bond acceptors (Lipinski definition) is 6. The monoisotopic (exact) mass is 403 g/mol. The van der Waals surface area contributed by atoms with Crippen LogP contribution in [-0.2, 0) is 6.18 Å². The predicted octanol–water partition coefficient (Wildman–Crippen LogP) is 4.50. The third kappa shape index (κ3) is 5.89. The van der Waals surface area contributed by atoms with Crippen LogP contribution in [0, 0.1) is 0 Å². The number of benzene rings is 1. The van der Waals surface area contributed by atoms with Crippen molar-refractivity contribution in [2.45, 2.75) is 25.6 Å². The van der Waals surface area contributed by atoms with Crippen molar-refractivity contribution in [3.8, 4) is 22.9 Å². The lowest BCUT2D eigenvalue weighted by molar-refractivity contribution is -0.137. The number of pyridine rings is 1. The number of hydrogen-bond donors (Lipinski definition) is 2. The Balaban J connectivity index is 1.72. The summed E-state index contributed by atoms with van der Waals surface area (Å²) in [7, 11) is 0. The summed E-state index contributed by atoms with van der Waals surface area (Å²) >= 11 is 0. The molecule has 0 radical (unpaired) electrons. The van der Waals surface area contributed by atoms with E-state index in [9.17, 15) is 13.2 Å². The molecule has 29 heavy (non-hydrogen) atoms. The van der Waals surface area contributed by atoms with Crippen molar-refractivity contribution in [1.29, 1.82) is 0 Å². The van der Waals surface area contributed by atoms with E-state index in [0.29, 0.717) is 23.7 Å². The molecule has 2 heterocycles. The first kappa shape index (κ1) is 20.5. The van der Waals surface area contributed by atoms with Gasteiger partial charge in [-0.1, -0.05) is 0 Å². The fraction of sp³-hybridized carbons (Fsp3) is 0.250. The smallest absolute Gasteiger partial charge is 0.416 e. The van der Waals surface area contributed by atoms with E-state index < -0.39 is 17.3 Å². The Bertz CT molecular complexity index is 969. The maximum atomic E-state index is 12.9. The summed E-state index contributed by atoms with van der Waals surface area (Å²) < 4.78 is 44.3. The van der Waals surface area contributed by atoms with Crippen molar-refractivity contribution in [3.63, 3.8) is 0 Å². The maximum absolute atomic E-state index is 12.9. The van der Waals surface area contributed by atoms with Gasteiger partial charge in [-0.3, -0.25) is 9.97 Å². The Hall–Kier alpha value is -3.20. The number of anilines is 1. The molecule has 2 aromatic heterocycles. The molecule has 0 unspecified atom stereocenters. The van der Waals surface area contributed by atoms with Crippen LogP contribution < -0.4 is 15.8 Å². The first-order valence-corrected chi connectivity index (χ1v) is 8.76. The molecule has 3 rings (SSSR count). The standard InChI is InChI=1S/C20H20F3N5O/c1-19(2,24)12-27-17-10-25-11-18(28-17)29-15-5-3-13(4-6-15)16-9-14(7-8-26-16)20(21,22)23/h3-11H,12,24H2,1-2H3,(H,27,28). The molecule has 0 aliphatic heterocycles. The Labute approximate surface area is 166 Å². The van der Waals surface area contributed by atoms with Crippen LogP contribution in [0.4, 0.5) is 19.0 Å². The number of aromatic nitrogens is 3. The highest BCUT2D eigenvalue weighted by Gasteiger charge is 2.30. The van der Waals surface area contributed by atoms with Gasteiger partial charge in [-0.2, -0.15) is 18.2 Å². The summed E-state index contributed by atoms with van der Waals surface area (Å²) in [5, 5.41) is 3.08. The second kappa shape index (κ2) is 8.04. The lowest BCUT2D eigenvalue weighted by atomic mass is 10.1. The molecule has 0 fully saturated rings. The molecule has 0 bridgehead atoms. The molecule has 9 heteroatoms. The lowest BCUT2D eigenvalue weighted by Crippen LogP contribution is -2.39. The van der Waals surface area contributed by atoms with Gasteiger partial charge in [0.1, 0.15) is 11.6 Å². The van der Waals surface area contributed by atoms with Crippen molar-refractivity contribution >= 4 is 5.82 Å². The first-order chi connectivity index (χ1) is 13.6. The number of rotatable bonds is 6. The molecule has 0 aliphatic rings. The highest BCUT2D eigenvalue weighted by atomic mass is 19.4. The average Bonchev–Trinajstić information content (AvgIpc) is 2.66. The first-order valence-electron chi connectivity index (χ1n) is 8.76. The molecule has 3 aromatic rings. The SMILES string of the molecule is CC(C)(N)CNc1cncc(Oc2ccc(-c3cc(C(F)(F)F)ccn3)cc2)n1. The Morgan fingerprint density at radius 1 is 1.07 bits per heavy atom. The fourth-order valence-corrected chi connectivity index (χ4v) is 2.38. The number of halogens is 3.